The number of hydrogen-bond acceptors (Lipinski definition) is 3. The second kappa shape index (κ2) is 18.6. The van der Waals surface area contributed by atoms with Gasteiger partial charge in [0, 0.05) is 0 Å². The summed E-state index contributed by atoms with van der Waals surface area (Å²) in [5.74, 6) is 0. The van der Waals surface area contributed by atoms with E-state index in [1.165, 1.54) is 64.2 Å². The van der Waals surface area contributed by atoms with Crippen LogP contribution in [0.2, 0.25) is 0 Å². The number of ether oxygens (including phenoxy) is 1. The van der Waals surface area contributed by atoms with Crippen molar-refractivity contribution in [3.05, 3.63) is 120 Å². The highest BCUT2D eigenvalue weighted by Gasteiger charge is 2.38. The molecule has 0 fully saturated rings. The Kier molecular flexibility index (Phi) is 14.8. The Morgan fingerprint density at radius 2 is 1.05 bits per heavy atom. The summed E-state index contributed by atoms with van der Waals surface area (Å²) < 4.78 is 6.77. The maximum Gasteiger partial charge on any atom is 0.143 e. The first-order valence-corrected chi connectivity index (χ1v) is 15.6. The zero-order valence-electron chi connectivity index (χ0n) is 24.6. The van der Waals surface area contributed by atoms with E-state index in [9.17, 15) is 5.11 Å². The van der Waals surface area contributed by atoms with Crippen molar-refractivity contribution >= 4 is 0 Å². The van der Waals surface area contributed by atoms with Crippen LogP contribution in [0.3, 0.4) is 0 Å². The minimum Gasteiger partial charge on any atom is -0.387 e. The average molecular weight is 542 g/mol. The molecule has 0 aliphatic rings. The molecule has 0 saturated carbocycles. The highest BCUT2D eigenvalue weighted by atomic mass is 16.5. The second-order valence-electron chi connectivity index (χ2n) is 11.0. The maximum atomic E-state index is 10.8. The molecule has 0 amide bonds. The van der Waals surface area contributed by atoms with E-state index in [1.54, 1.807) is 0 Å². The fraction of sp³-hybridized carbons (Fsp3) is 0.459. The highest BCUT2D eigenvalue weighted by molar-refractivity contribution is 5.47. The molecule has 3 heteroatoms. The topological polar surface area (TPSA) is 55.5 Å². The van der Waals surface area contributed by atoms with Gasteiger partial charge in [0.15, 0.2) is 0 Å². The van der Waals surface area contributed by atoms with E-state index < -0.39 is 17.7 Å². The molecule has 0 heterocycles. The Labute approximate surface area is 243 Å². The molecule has 2 atom stereocenters. The van der Waals surface area contributed by atoms with Crippen molar-refractivity contribution in [2.75, 3.05) is 6.61 Å². The van der Waals surface area contributed by atoms with E-state index in [1.807, 2.05) is 60.7 Å². The van der Waals surface area contributed by atoms with Crippen LogP contribution in [0.4, 0.5) is 0 Å². The molecule has 0 aromatic heterocycles. The fourth-order valence-corrected chi connectivity index (χ4v) is 5.39. The van der Waals surface area contributed by atoms with Crippen molar-refractivity contribution < 1.29 is 9.84 Å². The van der Waals surface area contributed by atoms with Crippen LogP contribution >= 0.6 is 0 Å². The van der Waals surface area contributed by atoms with E-state index >= 15 is 0 Å². The van der Waals surface area contributed by atoms with Gasteiger partial charge in [-0.15, -0.1) is 0 Å². The SMILES string of the molecule is CCCCCCCCCCCCCC=CC(O)C(N)COC(c1ccccc1)(c1ccccc1)c1ccccc1. The summed E-state index contributed by atoms with van der Waals surface area (Å²) in [5.41, 5.74) is 8.73. The van der Waals surface area contributed by atoms with Gasteiger partial charge in [-0.1, -0.05) is 174 Å². The van der Waals surface area contributed by atoms with Gasteiger partial charge in [0.25, 0.3) is 0 Å². The van der Waals surface area contributed by atoms with Crippen LogP contribution in [0.25, 0.3) is 0 Å². The largest absolute Gasteiger partial charge is 0.387 e. The molecule has 3 aromatic rings. The highest BCUT2D eigenvalue weighted by Crippen LogP contribution is 2.40. The number of unbranched alkanes of at least 4 members (excludes halogenated alkanes) is 11. The van der Waals surface area contributed by atoms with Gasteiger partial charge in [-0.25, -0.2) is 0 Å². The number of nitrogens with two attached hydrogens (primary N) is 1. The van der Waals surface area contributed by atoms with Gasteiger partial charge in [0.2, 0.25) is 0 Å². The molecule has 3 nitrogen and oxygen atoms in total. The van der Waals surface area contributed by atoms with Gasteiger partial charge in [-0.05, 0) is 29.5 Å². The number of benzene rings is 3. The van der Waals surface area contributed by atoms with E-state index in [4.69, 9.17) is 10.5 Å². The van der Waals surface area contributed by atoms with E-state index in [2.05, 4.69) is 49.4 Å². The molecular formula is C37H51NO2. The molecular weight excluding hydrogens is 490 g/mol. The van der Waals surface area contributed by atoms with Crippen molar-refractivity contribution in [3.8, 4) is 0 Å². The molecule has 216 valence electrons. The quantitative estimate of drug-likeness (QED) is 0.0853. The van der Waals surface area contributed by atoms with Gasteiger partial charge in [0.1, 0.15) is 5.60 Å². The number of aliphatic hydroxyl groups excluding tert-OH is 1. The predicted octanol–water partition coefficient (Wildman–Crippen LogP) is 8.94. The lowest BCUT2D eigenvalue weighted by Gasteiger charge is -2.37. The van der Waals surface area contributed by atoms with Gasteiger partial charge >= 0.3 is 0 Å². The Balaban J connectivity index is 1.51. The van der Waals surface area contributed by atoms with Gasteiger partial charge in [-0.3, -0.25) is 0 Å². The third-order valence-corrected chi connectivity index (χ3v) is 7.78. The Morgan fingerprint density at radius 3 is 1.48 bits per heavy atom. The van der Waals surface area contributed by atoms with Crippen LogP contribution < -0.4 is 5.73 Å². The lowest BCUT2D eigenvalue weighted by molar-refractivity contribution is -0.00948. The Bertz CT molecular complexity index is 955. The smallest absolute Gasteiger partial charge is 0.143 e. The van der Waals surface area contributed by atoms with Gasteiger partial charge < -0.3 is 15.6 Å². The summed E-state index contributed by atoms with van der Waals surface area (Å²) in [6.07, 6.45) is 18.9. The number of aliphatic hydroxyl groups is 1. The standard InChI is InChI=1S/C37H51NO2/c1-2-3-4-5-6-7-8-9-10-11-12-13-23-30-36(39)35(38)31-40-37(32-24-17-14-18-25-32,33-26-19-15-20-27-33)34-28-21-16-22-29-34/h14-30,35-36,39H,2-13,31,38H2,1H3. The van der Waals surface area contributed by atoms with Gasteiger partial charge in [-0.2, -0.15) is 0 Å². The first kappa shape index (κ1) is 31.8. The average Bonchev–Trinajstić information content (AvgIpc) is 3.01. The molecule has 3 N–H and O–H groups in total. The summed E-state index contributed by atoms with van der Waals surface area (Å²) in [6.45, 7) is 2.48. The summed E-state index contributed by atoms with van der Waals surface area (Å²) in [7, 11) is 0. The Hall–Kier alpha value is -2.72. The third-order valence-electron chi connectivity index (χ3n) is 7.78. The molecule has 0 bridgehead atoms. The minimum atomic E-state index is -0.833. The normalized spacial score (nSPS) is 13.5. The van der Waals surface area contributed by atoms with Crippen LogP contribution in [-0.4, -0.2) is 23.9 Å². The van der Waals surface area contributed by atoms with Crippen molar-refractivity contribution in [3.63, 3.8) is 0 Å². The second-order valence-corrected chi connectivity index (χ2v) is 11.0. The molecule has 0 aliphatic carbocycles. The summed E-state index contributed by atoms with van der Waals surface area (Å²) in [5, 5.41) is 10.8. The first-order valence-electron chi connectivity index (χ1n) is 15.6. The van der Waals surface area contributed by atoms with Crippen molar-refractivity contribution in [2.45, 2.75) is 102 Å². The molecule has 0 radical (unpaired) electrons. The van der Waals surface area contributed by atoms with E-state index in [0.717, 1.165) is 29.5 Å². The summed E-state index contributed by atoms with van der Waals surface area (Å²) in [4.78, 5) is 0. The van der Waals surface area contributed by atoms with E-state index in [0.29, 0.717) is 0 Å². The van der Waals surface area contributed by atoms with Crippen molar-refractivity contribution in [2.24, 2.45) is 5.73 Å². The summed E-state index contributed by atoms with van der Waals surface area (Å²) >= 11 is 0. The van der Waals surface area contributed by atoms with Crippen LogP contribution in [0.5, 0.6) is 0 Å². The van der Waals surface area contributed by atoms with Crippen LogP contribution in [0.1, 0.15) is 101 Å². The molecule has 2 unspecified atom stereocenters. The number of hydrogen-bond donors (Lipinski definition) is 2. The molecule has 0 aliphatic heterocycles. The molecule has 0 spiro atoms. The van der Waals surface area contributed by atoms with Crippen LogP contribution in [0, 0.1) is 0 Å². The van der Waals surface area contributed by atoms with Crippen molar-refractivity contribution in [1.29, 1.82) is 0 Å². The number of allylic oxidation sites excluding steroid dienone is 1. The third kappa shape index (κ3) is 10.0. The van der Waals surface area contributed by atoms with Crippen molar-refractivity contribution in [1.82, 2.24) is 0 Å². The minimum absolute atomic E-state index is 0.211. The van der Waals surface area contributed by atoms with Gasteiger partial charge in [0.05, 0.1) is 18.8 Å². The fourth-order valence-electron chi connectivity index (χ4n) is 5.39. The molecule has 40 heavy (non-hydrogen) atoms. The lowest BCUT2D eigenvalue weighted by atomic mass is 9.80. The lowest BCUT2D eigenvalue weighted by Crippen LogP contribution is -2.42. The summed E-state index contributed by atoms with van der Waals surface area (Å²) in [6, 6.07) is 30.3. The predicted molar refractivity (Wildman–Crippen MR) is 169 cm³/mol. The first-order chi connectivity index (χ1) is 19.7. The van der Waals surface area contributed by atoms with Crippen LogP contribution in [0.15, 0.2) is 103 Å². The monoisotopic (exact) mass is 541 g/mol. The van der Waals surface area contributed by atoms with Crippen LogP contribution in [-0.2, 0) is 10.3 Å². The Morgan fingerprint density at radius 1 is 0.650 bits per heavy atom. The molecule has 3 rings (SSSR count). The van der Waals surface area contributed by atoms with E-state index in [-0.39, 0.29) is 6.61 Å². The molecule has 0 saturated heterocycles. The molecule has 3 aromatic carbocycles. The zero-order chi connectivity index (χ0) is 28.3. The number of rotatable bonds is 20. The zero-order valence-corrected chi connectivity index (χ0v) is 24.6. The maximum absolute atomic E-state index is 10.8.